The van der Waals surface area contributed by atoms with Crippen LogP contribution in [0.25, 0.3) is 0 Å². The van der Waals surface area contributed by atoms with Crippen molar-refractivity contribution in [3.05, 3.63) is 12.2 Å². The molecule has 19 heavy (non-hydrogen) atoms. The Morgan fingerprint density at radius 2 is 2.26 bits per heavy atom. The summed E-state index contributed by atoms with van der Waals surface area (Å²) in [6.45, 7) is 0. The molecule has 100 valence electrons. The number of nitrogens with zero attached hydrogens (tertiary/aromatic N) is 3. The van der Waals surface area contributed by atoms with Crippen molar-refractivity contribution in [1.29, 1.82) is 0 Å². The van der Waals surface area contributed by atoms with Crippen molar-refractivity contribution in [1.82, 2.24) is 4.90 Å². The number of terminal acetylenes is 1. The topological polar surface area (TPSA) is 45.0 Å². The summed E-state index contributed by atoms with van der Waals surface area (Å²) in [4.78, 5) is 14.5. The number of carbonyl (C=O) groups excluding carboxylic acids is 1. The van der Waals surface area contributed by atoms with Crippen LogP contribution in [0.5, 0.6) is 0 Å². The van der Waals surface area contributed by atoms with Gasteiger partial charge < -0.3 is 4.90 Å². The van der Waals surface area contributed by atoms with Crippen LogP contribution in [0.3, 0.4) is 0 Å². The van der Waals surface area contributed by atoms with E-state index in [4.69, 9.17) is 6.42 Å². The molecule has 1 amide bonds. The van der Waals surface area contributed by atoms with E-state index >= 15 is 0 Å². The third-order valence-electron chi connectivity index (χ3n) is 4.39. The average Bonchev–Trinajstić information content (AvgIpc) is 3.15. The maximum Gasteiger partial charge on any atom is 0.223 e. The lowest BCUT2D eigenvalue weighted by molar-refractivity contribution is -0.133. The fourth-order valence-electron chi connectivity index (χ4n) is 3.22. The van der Waals surface area contributed by atoms with Crippen LogP contribution in [0.1, 0.15) is 44.9 Å². The summed E-state index contributed by atoms with van der Waals surface area (Å²) < 4.78 is 0. The highest BCUT2D eigenvalue weighted by molar-refractivity contribution is 5.78. The predicted octanol–water partition coefficient (Wildman–Crippen LogP) is 2.66. The van der Waals surface area contributed by atoms with Gasteiger partial charge in [0.1, 0.15) is 0 Å². The minimum Gasteiger partial charge on any atom is -0.333 e. The highest BCUT2D eigenvalue weighted by Gasteiger charge is 2.42. The molecule has 3 aliphatic heterocycles. The molecular weight excluding hydrogens is 238 g/mol. The lowest BCUT2D eigenvalue weighted by Gasteiger charge is -2.31. The van der Waals surface area contributed by atoms with Crippen molar-refractivity contribution in [3.8, 4) is 12.3 Å². The monoisotopic (exact) mass is 257 g/mol. The van der Waals surface area contributed by atoms with Gasteiger partial charge in [0.2, 0.25) is 5.91 Å². The van der Waals surface area contributed by atoms with Gasteiger partial charge in [0.05, 0.1) is 6.04 Å². The van der Waals surface area contributed by atoms with E-state index in [1.807, 2.05) is 0 Å². The number of carbonyl (C=O) groups is 1. The summed E-state index contributed by atoms with van der Waals surface area (Å²) in [5.41, 5.74) is -0.327. The summed E-state index contributed by atoms with van der Waals surface area (Å²) in [6.07, 6.45) is 15.6. The van der Waals surface area contributed by atoms with Crippen LogP contribution in [0.15, 0.2) is 22.4 Å². The molecule has 0 aromatic heterocycles. The zero-order valence-electron chi connectivity index (χ0n) is 11.1. The quantitative estimate of drug-likeness (QED) is 0.551. The van der Waals surface area contributed by atoms with Gasteiger partial charge in [0, 0.05) is 31.7 Å². The molecule has 0 spiro atoms. The molecule has 1 saturated heterocycles. The fraction of sp³-hybridized carbons (Fsp3) is 0.667. The summed E-state index contributed by atoms with van der Waals surface area (Å²) in [7, 11) is 0. The van der Waals surface area contributed by atoms with Gasteiger partial charge in [-0.2, -0.15) is 10.2 Å². The minimum atomic E-state index is -0.327. The molecule has 1 fully saturated rings. The highest BCUT2D eigenvalue weighted by Crippen LogP contribution is 2.39. The summed E-state index contributed by atoms with van der Waals surface area (Å²) in [6, 6.07) is 0.762. The molecule has 3 aliphatic rings. The first-order valence-electron chi connectivity index (χ1n) is 7.09. The van der Waals surface area contributed by atoms with Crippen LogP contribution >= 0.6 is 0 Å². The second-order valence-corrected chi connectivity index (χ2v) is 5.65. The molecule has 0 radical (unpaired) electrons. The molecule has 0 N–H and O–H groups in total. The third-order valence-corrected chi connectivity index (χ3v) is 4.39. The lowest BCUT2D eigenvalue weighted by atomic mass is 10.0. The Balaban J connectivity index is 1.52. The average molecular weight is 257 g/mol. The van der Waals surface area contributed by atoms with Gasteiger partial charge >= 0.3 is 0 Å². The van der Waals surface area contributed by atoms with Gasteiger partial charge in [-0.05, 0) is 19.3 Å². The largest absolute Gasteiger partial charge is 0.333 e. The zero-order valence-corrected chi connectivity index (χ0v) is 11.1. The van der Waals surface area contributed by atoms with Gasteiger partial charge in [-0.15, -0.1) is 12.3 Å². The number of amides is 1. The molecular formula is C15H19N3O. The number of rotatable bonds is 5. The van der Waals surface area contributed by atoms with Crippen LogP contribution in [-0.2, 0) is 4.79 Å². The Morgan fingerprint density at radius 3 is 2.95 bits per heavy atom. The van der Waals surface area contributed by atoms with Crippen molar-refractivity contribution < 1.29 is 4.79 Å². The molecule has 3 rings (SSSR count). The first-order valence-corrected chi connectivity index (χ1v) is 7.09. The van der Waals surface area contributed by atoms with Crippen LogP contribution in [0, 0.1) is 12.3 Å². The smallest absolute Gasteiger partial charge is 0.223 e. The Hall–Kier alpha value is -1.63. The Bertz CT molecular complexity index is 468. The van der Waals surface area contributed by atoms with Crippen molar-refractivity contribution in [2.24, 2.45) is 10.2 Å². The molecule has 2 unspecified atom stereocenters. The van der Waals surface area contributed by atoms with Gasteiger partial charge in [-0.3, -0.25) is 4.79 Å². The lowest BCUT2D eigenvalue weighted by Crippen LogP contribution is -2.42. The van der Waals surface area contributed by atoms with Crippen molar-refractivity contribution >= 4 is 5.91 Å². The van der Waals surface area contributed by atoms with Crippen LogP contribution < -0.4 is 0 Å². The van der Waals surface area contributed by atoms with Crippen molar-refractivity contribution in [2.75, 3.05) is 0 Å². The van der Waals surface area contributed by atoms with E-state index in [1.165, 1.54) is 0 Å². The second kappa shape index (κ2) is 4.80. The Labute approximate surface area is 114 Å². The molecule has 0 aromatic rings. The van der Waals surface area contributed by atoms with E-state index in [9.17, 15) is 4.79 Å². The fourth-order valence-corrected chi connectivity index (χ4v) is 3.22. The SMILES string of the molecule is C#CCCC1(CCC(=O)N2C3C=CCC2CC3)N=N1. The molecule has 3 heterocycles. The molecule has 0 saturated carbocycles. The van der Waals surface area contributed by atoms with Crippen LogP contribution in [-0.4, -0.2) is 28.6 Å². The normalized spacial score (nSPS) is 29.3. The number of fused-ring (bicyclic) bond motifs is 2. The van der Waals surface area contributed by atoms with E-state index in [0.717, 1.165) is 25.7 Å². The highest BCUT2D eigenvalue weighted by atomic mass is 16.2. The van der Waals surface area contributed by atoms with Crippen molar-refractivity contribution in [3.63, 3.8) is 0 Å². The standard InChI is InChI=1S/C15H19N3O/c1-2-3-10-15(16-17-15)11-9-14(19)18-12-5-4-6-13(18)8-7-12/h1,4-5,12-13H,3,6-11H2. The minimum absolute atomic E-state index is 0.259. The Kier molecular flexibility index (Phi) is 3.14. The summed E-state index contributed by atoms with van der Waals surface area (Å²) in [5, 5.41) is 8.17. The van der Waals surface area contributed by atoms with E-state index in [1.54, 1.807) is 0 Å². The van der Waals surface area contributed by atoms with E-state index in [0.29, 0.717) is 31.3 Å². The second-order valence-electron chi connectivity index (χ2n) is 5.65. The summed E-state index contributed by atoms with van der Waals surface area (Å²) >= 11 is 0. The molecule has 4 heteroatoms. The van der Waals surface area contributed by atoms with Gasteiger partial charge in [0.15, 0.2) is 5.66 Å². The third kappa shape index (κ3) is 2.42. The molecule has 2 bridgehead atoms. The zero-order chi connectivity index (χ0) is 13.3. The van der Waals surface area contributed by atoms with E-state index < -0.39 is 0 Å². The first kappa shape index (κ1) is 12.4. The van der Waals surface area contributed by atoms with Crippen LogP contribution in [0.4, 0.5) is 0 Å². The predicted molar refractivity (Wildman–Crippen MR) is 72.3 cm³/mol. The van der Waals surface area contributed by atoms with Crippen LogP contribution in [0.2, 0.25) is 0 Å². The number of hydrogen-bond acceptors (Lipinski definition) is 3. The molecule has 2 atom stereocenters. The Morgan fingerprint density at radius 1 is 1.42 bits per heavy atom. The van der Waals surface area contributed by atoms with Gasteiger partial charge in [0.25, 0.3) is 0 Å². The maximum absolute atomic E-state index is 12.4. The molecule has 4 nitrogen and oxygen atoms in total. The number of hydrogen-bond donors (Lipinski definition) is 0. The molecule has 0 aliphatic carbocycles. The van der Waals surface area contributed by atoms with Gasteiger partial charge in [-0.25, -0.2) is 0 Å². The van der Waals surface area contributed by atoms with Gasteiger partial charge in [-0.1, -0.05) is 12.2 Å². The maximum atomic E-state index is 12.4. The first-order chi connectivity index (χ1) is 9.24. The summed E-state index contributed by atoms with van der Waals surface area (Å²) in [5.74, 6) is 2.87. The van der Waals surface area contributed by atoms with E-state index in [-0.39, 0.29) is 11.6 Å². The van der Waals surface area contributed by atoms with Crippen molar-refractivity contribution in [2.45, 2.75) is 62.7 Å². The van der Waals surface area contributed by atoms with E-state index in [2.05, 4.69) is 33.2 Å². The molecule has 0 aromatic carbocycles.